The van der Waals surface area contributed by atoms with Gasteiger partial charge >= 0.3 is 0 Å². The molecule has 1 saturated heterocycles. The molecule has 0 atom stereocenters. The van der Waals surface area contributed by atoms with Crippen LogP contribution in [0.2, 0.25) is 5.02 Å². The predicted octanol–water partition coefficient (Wildman–Crippen LogP) is 5.28. The lowest BCUT2D eigenvalue weighted by Gasteiger charge is -2.27. The van der Waals surface area contributed by atoms with Gasteiger partial charge in [-0.1, -0.05) is 41.4 Å². The first-order chi connectivity index (χ1) is 19.7. The Balaban J connectivity index is 1.47. The number of hydrogen-bond acceptors (Lipinski definition) is 6. The first kappa shape index (κ1) is 27.0. The number of pyridine rings is 2. The molecule has 208 valence electrons. The van der Waals surface area contributed by atoms with Gasteiger partial charge in [-0.15, -0.1) is 0 Å². The first-order valence-corrected chi connectivity index (χ1v) is 15.1. The van der Waals surface area contributed by atoms with Crippen LogP contribution in [0.3, 0.4) is 0 Å². The van der Waals surface area contributed by atoms with E-state index in [2.05, 4.69) is 9.88 Å². The summed E-state index contributed by atoms with van der Waals surface area (Å²) < 4.78 is 30.3. The summed E-state index contributed by atoms with van der Waals surface area (Å²) in [6, 6.07) is 19.2. The fourth-order valence-electron chi connectivity index (χ4n) is 5.13. The number of benzene rings is 2. The molecule has 41 heavy (non-hydrogen) atoms. The third-order valence-electron chi connectivity index (χ3n) is 7.41. The number of fused-ring (bicyclic) bond motifs is 1. The lowest BCUT2D eigenvalue weighted by atomic mass is 10.1. The van der Waals surface area contributed by atoms with E-state index in [0.717, 1.165) is 16.8 Å². The van der Waals surface area contributed by atoms with Crippen LogP contribution in [-0.2, 0) is 21.4 Å². The summed E-state index contributed by atoms with van der Waals surface area (Å²) in [5.41, 5.74) is 3.82. The molecule has 0 N–H and O–H groups in total. The molecule has 1 aliphatic heterocycles. The Labute approximate surface area is 242 Å². The highest BCUT2D eigenvalue weighted by atomic mass is 35.5. The van der Waals surface area contributed by atoms with Crippen LogP contribution in [-0.4, -0.2) is 40.8 Å². The number of halogens is 1. The second kappa shape index (κ2) is 10.6. The maximum absolute atomic E-state index is 13.8. The van der Waals surface area contributed by atoms with E-state index in [1.165, 1.54) is 16.2 Å². The van der Waals surface area contributed by atoms with Crippen molar-refractivity contribution in [3.8, 4) is 11.1 Å². The average molecular weight is 587 g/mol. The number of aryl methyl sites for hydroxylation is 1. The topological polar surface area (TPSA) is 94.3 Å². The van der Waals surface area contributed by atoms with Crippen molar-refractivity contribution in [1.82, 2.24) is 13.5 Å². The summed E-state index contributed by atoms with van der Waals surface area (Å²) in [5, 5.41) is 1.19. The quantitative estimate of drug-likeness (QED) is 0.269. The van der Waals surface area contributed by atoms with Crippen LogP contribution in [0.25, 0.3) is 22.2 Å². The van der Waals surface area contributed by atoms with E-state index in [1.807, 2.05) is 31.2 Å². The Morgan fingerprint density at radius 3 is 2.41 bits per heavy atom. The number of hydrogen-bond donors (Lipinski definition) is 0. The molecule has 0 bridgehead atoms. The van der Waals surface area contributed by atoms with Gasteiger partial charge in [-0.05, 0) is 54.4 Å². The Morgan fingerprint density at radius 1 is 0.951 bits per heavy atom. The second-order valence-corrected chi connectivity index (χ2v) is 12.5. The van der Waals surface area contributed by atoms with Crippen LogP contribution in [0.15, 0.2) is 95.0 Å². The molecule has 3 aromatic heterocycles. The molecular formula is C31H27ClN4O4S. The van der Waals surface area contributed by atoms with E-state index in [4.69, 9.17) is 11.6 Å². The van der Waals surface area contributed by atoms with Gasteiger partial charge < -0.3 is 9.47 Å². The number of piperidine rings is 1. The minimum absolute atomic E-state index is 0.143. The first-order valence-electron chi connectivity index (χ1n) is 13.2. The summed E-state index contributed by atoms with van der Waals surface area (Å²) in [6.07, 6.45) is 5.79. The fraction of sp³-hybridized carbons (Fsp3) is 0.194. The Morgan fingerprint density at radius 2 is 1.71 bits per heavy atom. The van der Waals surface area contributed by atoms with Crippen LogP contribution in [0.1, 0.15) is 24.0 Å². The van der Waals surface area contributed by atoms with E-state index in [-0.39, 0.29) is 21.9 Å². The van der Waals surface area contributed by atoms with Gasteiger partial charge in [0.05, 0.1) is 23.3 Å². The molecule has 6 rings (SSSR count). The molecule has 1 aliphatic rings. The van der Waals surface area contributed by atoms with Gasteiger partial charge in [0.2, 0.25) is 0 Å². The summed E-state index contributed by atoms with van der Waals surface area (Å²) in [5.74, 6) is 0.227. The van der Waals surface area contributed by atoms with Crippen molar-refractivity contribution in [3.05, 3.63) is 112 Å². The van der Waals surface area contributed by atoms with Crippen molar-refractivity contribution in [2.24, 2.45) is 0 Å². The molecule has 4 heterocycles. The van der Waals surface area contributed by atoms with E-state index in [0.29, 0.717) is 54.0 Å². The number of ketones is 1. The van der Waals surface area contributed by atoms with Gasteiger partial charge in [-0.3, -0.25) is 9.59 Å². The van der Waals surface area contributed by atoms with Gasteiger partial charge in [-0.2, -0.15) is 0 Å². The largest absolute Gasteiger partial charge is 0.369 e. The molecule has 8 nitrogen and oxygen atoms in total. The van der Waals surface area contributed by atoms with Crippen molar-refractivity contribution in [2.75, 3.05) is 18.0 Å². The Bertz CT molecular complexity index is 1950. The number of carbonyl (C=O) groups excluding carboxylic acids is 1. The molecule has 0 spiro atoms. The smallest absolute Gasteiger partial charge is 0.269 e. The van der Waals surface area contributed by atoms with Crippen molar-refractivity contribution < 1.29 is 13.2 Å². The Kier molecular flexibility index (Phi) is 7.01. The van der Waals surface area contributed by atoms with E-state index in [1.54, 1.807) is 53.4 Å². The maximum atomic E-state index is 13.8. The van der Waals surface area contributed by atoms with Crippen LogP contribution in [0.4, 0.5) is 5.69 Å². The van der Waals surface area contributed by atoms with Gasteiger partial charge in [0.15, 0.2) is 5.65 Å². The van der Waals surface area contributed by atoms with E-state index >= 15 is 0 Å². The van der Waals surface area contributed by atoms with Crippen molar-refractivity contribution in [3.63, 3.8) is 0 Å². The monoisotopic (exact) mass is 586 g/mol. The normalized spacial score (nSPS) is 14.1. The van der Waals surface area contributed by atoms with Gasteiger partial charge in [-0.25, -0.2) is 17.4 Å². The standard InChI is InChI=1S/C31H27ClN4O4S/c1-21-5-7-27(8-6-21)41(39,40)36-20-29(28-17-25(18-33-31(28)36)34-13-10-26(37)11-14-34)23-9-12-35(30(38)16-23)19-22-3-2-4-24(32)15-22/h2-9,12,15-18,20H,10-11,13-14,19H2,1H3. The molecule has 5 aromatic rings. The summed E-state index contributed by atoms with van der Waals surface area (Å²) in [4.78, 5) is 31.8. The number of nitrogens with zero attached hydrogens (tertiary/aromatic N) is 4. The Hall–Kier alpha value is -4.21. The highest BCUT2D eigenvalue weighted by Gasteiger charge is 2.25. The molecule has 10 heteroatoms. The lowest BCUT2D eigenvalue weighted by Crippen LogP contribution is -2.33. The van der Waals surface area contributed by atoms with Crippen LogP contribution in [0, 0.1) is 6.92 Å². The lowest BCUT2D eigenvalue weighted by molar-refractivity contribution is -0.119. The number of carbonyl (C=O) groups is 1. The van der Waals surface area contributed by atoms with Crippen LogP contribution >= 0.6 is 11.6 Å². The van der Waals surface area contributed by atoms with E-state index < -0.39 is 10.0 Å². The average Bonchev–Trinajstić information content (AvgIpc) is 3.35. The van der Waals surface area contributed by atoms with Crippen LogP contribution < -0.4 is 10.5 Å². The fourth-order valence-corrected chi connectivity index (χ4v) is 6.67. The third kappa shape index (κ3) is 5.30. The SMILES string of the molecule is Cc1ccc(S(=O)(=O)n2cc(-c3ccn(Cc4cccc(Cl)c4)c(=O)c3)c3cc(N4CCC(=O)CC4)cnc32)cc1. The van der Waals surface area contributed by atoms with Gasteiger partial charge in [0.25, 0.3) is 15.6 Å². The maximum Gasteiger partial charge on any atom is 0.269 e. The minimum Gasteiger partial charge on any atom is -0.369 e. The summed E-state index contributed by atoms with van der Waals surface area (Å²) in [7, 11) is -3.98. The van der Waals surface area contributed by atoms with Crippen molar-refractivity contribution >= 4 is 44.1 Å². The minimum atomic E-state index is -3.98. The molecular weight excluding hydrogens is 560 g/mol. The molecule has 0 unspecified atom stereocenters. The molecule has 0 aliphatic carbocycles. The highest BCUT2D eigenvalue weighted by Crippen LogP contribution is 2.34. The molecule has 0 saturated carbocycles. The number of Topliss-reactive ketones (excluding diaryl/α,β-unsaturated/α-hetero) is 1. The summed E-state index contributed by atoms with van der Waals surface area (Å²) in [6.45, 7) is 3.39. The summed E-state index contributed by atoms with van der Waals surface area (Å²) >= 11 is 6.11. The van der Waals surface area contributed by atoms with Crippen LogP contribution in [0.5, 0.6) is 0 Å². The number of rotatable bonds is 6. The zero-order valence-electron chi connectivity index (χ0n) is 22.3. The number of aromatic nitrogens is 3. The molecule has 0 radical (unpaired) electrons. The zero-order chi connectivity index (χ0) is 28.7. The highest BCUT2D eigenvalue weighted by molar-refractivity contribution is 7.90. The van der Waals surface area contributed by atoms with Gasteiger partial charge in [0, 0.05) is 60.4 Å². The van der Waals surface area contributed by atoms with E-state index in [9.17, 15) is 18.0 Å². The molecule has 0 amide bonds. The van der Waals surface area contributed by atoms with Gasteiger partial charge in [0.1, 0.15) is 5.78 Å². The van der Waals surface area contributed by atoms with Crippen molar-refractivity contribution in [1.29, 1.82) is 0 Å². The van der Waals surface area contributed by atoms with Crippen molar-refractivity contribution in [2.45, 2.75) is 31.2 Å². The second-order valence-electron chi connectivity index (χ2n) is 10.3. The molecule has 1 fully saturated rings. The number of anilines is 1. The third-order valence-corrected chi connectivity index (χ3v) is 9.31. The molecule has 2 aromatic carbocycles. The zero-order valence-corrected chi connectivity index (χ0v) is 23.9. The predicted molar refractivity (Wildman–Crippen MR) is 160 cm³/mol.